The number of hydrogen-bond acceptors (Lipinski definition) is 3. The molecule has 2 atom stereocenters. The van der Waals surface area contributed by atoms with Crippen LogP contribution in [0.25, 0.3) is 11.0 Å². The molecule has 0 aliphatic rings. The molecule has 19 heavy (non-hydrogen) atoms. The molecule has 0 aliphatic heterocycles. The monoisotopic (exact) mass is 260 g/mol. The van der Waals surface area contributed by atoms with E-state index in [1.807, 2.05) is 25.4 Å². The van der Waals surface area contributed by atoms with Gasteiger partial charge in [-0.15, -0.1) is 0 Å². The van der Waals surface area contributed by atoms with Crippen molar-refractivity contribution in [3.05, 3.63) is 36.1 Å². The van der Waals surface area contributed by atoms with Gasteiger partial charge in [-0.2, -0.15) is 0 Å². The minimum atomic E-state index is 0.376. The Hall–Kier alpha value is -1.32. The number of fused-ring (bicyclic) bond motifs is 1. The smallest absolute Gasteiger partial charge is 0.134 e. The third kappa shape index (κ3) is 2.82. The maximum atomic E-state index is 5.71. The molecule has 2 rings (SSSR count). The molecule has 0 bridgehead atoms. The standard InChI is InChI=1S/C16H24N2O/c1-5-12(10-17-2)16(18(3)4)14-11-19-15-9-7-6-8-13(14)15/h6-9,11-12,16-17H,5,10H2,1-4H3. The second kappa shape index (κ2) is 6.22. The van der Waals surface area contributed by atoms with Crippen LogP contribution in [0.15, 0.2) is 34.9 Å². The molecular formula is C16H24N2O. The average molecular weight is 260 g/mol. The van der Waals surface area contributed by atoms with Gasteiger partial charge in [-0.05, 0) is 39.7 Å². The Morgan fingerprint density at radius 1 is 1.26 bits per heavy atom. The SMILES string of the molecule is CCC(CNC)C(c1coc2ccccc12)N(C)C. The molecule has 0 fully saturated rings. The molecule has 0 saturated carbocycles. The fourth-order valence-corrected chi connectivity index (χ4v) is 2.92. The lowest BCUT2D eigenvalue weighted by atomic mass is 9.89. The summed E-state index contributed by atoms with van der Waals surface area (Å²) in [6.45, 7) is 3.26. The van der Waals surface area contributed by atoms with E-state index in [-0.39, 0.29) is 0 Å². The second-order valence-electron chi connectivity index (χ2n) is 5.32. The third-order valence-electron chi connectivity index (χ3n) is 3.82. The Morgan fingerprint density at radius 3 is 2.63 bits per heavy atom. The van der Waals surface area contributed by atoms with E-state index in [1.165, 1.54) is 10.9 Å². The molecule has 3 nitrogen and oxygen atoms in total. The lowest BCUT2D eigenvalue weighted by Gasteiger charge is -2.31. The summed E-state index contributed by atoms with van der Waals surface area (Å²) in [6, 6.07) is 8.65. The number of hydrogen-bond donors (Lipinski definition) is 1. The lowest BCUT2D eigenvalue weighted by Crippen LogP contribution is -2.32. The van der Waals surface area contributed by atoms with E-state index in [1.54, 1.807) is 0 Å². The highest BCUT2D eigenvalue weighted by Gasteiger charge is 2.26. The van der Waals surface area contributed by atoms with Crippen LogP contribution in [-0.2, 0) is 0 Å². The number of rotatable bonds is 6. The van der Waals surface area contributed by atoms with Gasteiger partial charge in [0.15, 0.2) is 0 Å². The topological polar surface area (TPSA) is 28.4 Å². The fourth-order valence-electron chi connectivity index (χ4n) is 2.92. The van der Waals surface area contributed by atoms with Crippen molar-refractivity contribution in [2.75, 3.05) is 27.7 Å². The molecule has 0 aliphatic carbocycles. The molecule has 3 heteroatoms. The van der Waals surface area contributed by atoms with Gasteiger partial charge in [0.05, 0.1) is 6.26 Å². The van der Waals surface area contributed by atoms with Crippen molar-refractivity contribution in [1.29, 1.82) is 0 Å². The minimum absolute atomic E-state index is 0.376. The summed E-state index contributed by atoms with van der Waals surface area (Å²) >= 11 is 0. The van der Waals surface area contributed by atoms with Crippen molar-refractivity contribution >= 4 is 11.0 Å². The minimum Gasteiger partial charge on any atom is -0.464 e. The van der Waals surface area contributed by atoms with Gasteiger partial charge in [-0.25, -0.2) is 0 Å². The number of nitrogens with one attached hydrogen (secondary N) is 1. The number of benzene rings is 1. The number of nitrogens with zero attached hydrogens (tertiary/aromatic N) is 1. The van der Waals surface area contributed by atoms with Crippen LogP contribution in [0.1, 0.15) is 24.9 Å². The Bertz CT molecular complexity index is 518. The zero-order valence-corrected chi connectivity index (χ0v) is 12.3. The van der Waals surface area contributed by atoms with E-state index in [0.717, 1.165) is 18.5 Å². The first kappa shape index (κ1) is 14.1. The van der Waals surface area contributed by atoms with Gasteiger partial charge < -0.3 is 14.6 Å². The molecule has 104 valence electrons. The summed E-state index contributed by atoms with van der Waals surface area (Å²) in [6.07, 6.45) is 3.07. The highest BCUT2D eigenvalue weighted by Crippen LogP contribution is 2.34. The van der Waals surface area contributed by atoms with E-state index in [4.69, 9.17) is 4.42 Å². The van der Waals surface area contributed by atoms with Crippen LogP contribution in [0, 0.1) is 5.92 Å². The summed E-state index contributed by atoms with van der Waals surface area (Å²) in [5.41, 5.74) is 2.27. The zero-order chi connectivity index (χ0) is 13.8. The maximum Gasteiger partial charge on any atom is 0.134 e. The molecule has 0 saturated heterocycles. The van der Waals surface area contributed by atoms with E-state index < -0.39 is 0 Å². The Kier molecular flexibility index (Phi) is 4.61. The summed E-state index contributed by atoms with van der Waals surface area (Å²) in [5.74, 6) is 0.570. The van der Waals surface area contributed by atoms with Gasteiger partial charge in [-0.1, -0.05) is 31.5 Å². The van der Waals surface area contributed by atoms with Crippen LogP contribution in [0.3, 0.4) is 0 Å². The van der Waals surface area contributed by atoms with Gasteiger partial charge in [0, 0.05) is 17.0 Å². The van der Waals surface area contributed by atoms with Gasteiger partial charge in [-0.3, -0.25) is 0 Å². The van der Waals surface area contributed by atoms with Gasteiger partial charge >= 0.3 is 0 Å². The quantitative estimate of drug-likeness (QED) is 0.864. The highest BCUT2D eigenvalue weighted by molar-refractivity contribution is 5.81. The first-order valence-corrected chi connectivity index (χ1v) is 6.96. The predicted octanol–water partition coefficient (Wildman–Crippen LogP) is 3.28. The molecule has 1 aromatic heterocycles. The fraction of sp³-hybridized carbons (Fsp3) is 0.500. The molecular weight excluding hydrogens is 236 g/mol. The van der Waals surface area contributed by atoms with Crippen molar-refractivity contribution in [2.45, 2.75) is 19.4 Å². The molecule has 0 spiro atoms. The van der Waals surface area contributed by atoms with Crippen molar-refractivity contribution in [1.82, 2.24) is 10.2 Å². The van der Waals surface area contributed by atoms with E-state index in [0.29, 0.717) is 12.0 Å². The number of furan rings is 1. The van der Waals surface area contributed by atoms with Crippen LogP contribution >= 0.6 is 0 Å². The first-order chi connectivity index (χ1) is 9.19. The van der Waals surface area contributed by atoms with Gasteiger partial charge in [0.25, 0.3) is 0 Å². The molecule has 0 radical (unpaired) electrons. The van der Waals surface area contributed by atoms with Crippen molar-refractivity contribution < 1.29 is 4.42 Å². The lowest BCUT2D eigenvalue weighted by molar-refractivity contribution is 0.204. The largest absolute Gasteiger partial charge is 0.464 e. The normalized spacial score (nSPS) is 15.0. The molecule has 1 heterocycles. The molecule has 1 N–H and O–H groups in total. The van der Waals surface area contributed by atoms with E-state index in [2.05, 4.69) is 43.4 Å². The number of para-hydroxylation sites is 1. The Balaban J connectivity index is 2.43. The van der Waals surface area contributed by atoms with Crippen LogP contribution in [0.5, 0.6) is 0 Å². The van der Waals surface area contributed by atoms with E-state index >= 15 is 0 Å². The van der Waals surface area contributed by atoms with Gasteiger partial charge in [0.2, 0.25) is 0 Å². The summed E-state index contributed by atoms with van der Waals surface area (Å²) < 4.78 is 5.71. The highest BCUT2D eigenvalue weighted by atomic mass is 16.3. The average Bonchev–Trinajstić information content (AvgIpc) is 2.82. The van der Waals surface area contributed by atoms with Crippen LogP contribution in [0.4, 0.5) is 0 Å². The zero-order valence-electron chi connectivity index (χ0n) is 12.3. The maximum absolute atomic E-state index is 5.71. The molecule has 0 amide bonds. The van der Waals surface area contributed by atoms with E-state index in [9.17, 15) is 0 Å². The van der Waals surface area contributed by atoms with Crippen molar-refractivity contribution in [3.8, 4) is 0 Å². The van der Waals surface area contributed by atoms with Gasteiger partial charge in [0.1, 0.15) is 5.58 Å². The van der Waals surface area contributed by atoms with Crippen LogP contribution in [0.2, 0.25) is 0 Å². The summed E-state index contributed by atoms with van der Waals surface area (Å²) in [7, 11) is 6.30. The third-order valence-corrected chi connectivity index (χ3v) is 3.82. The molecule has 2 aromatic rings. The predicted molar refractivity (Wildman–Crippen MR) is 80.3 cm³/mol. The Morgan fingerprint density at radius 2 is 2.00 bits per heavy atom. The Labute approximate surface area is 115 Å². The second-order valence-corrected chi connectivity index (χ2v) is 5.32. The molecule has 2 unspecified atom stereocenters. The van der Waals surface area contributed by atoms with Crippen molar-refractivity contribution in [3.63, 3.8) is 0 Å². The summed E-state index contributed by atoms with van der Waals surface area (Å²) in [4.78, 5) is 2.29. The molecule has 1 aromatic carbocycles. The van der Waals surface area contributed by atoms with Crippen molar-refractivity contribution in [2.24, 2.45) is 5.92 Å². The van der Waals surface area contributed by atoms with Crippen LogP contribution in [-0.4, -0.2) is 32.6 Å². The summed E-state index contributed by atoms with van der Waals surface area (Å²) in [5, 5.41) is 4.54. The first-order valence-electron chi connectivity index (χ1n) is 6.96. The van der Waals surface area contributed by atoms with Crippen LogP contribution < -0.4 is 5.32 Å².